The Hall–Kier alpha value is -2.66. The molecular formula is C19H20N2O3. The zero-order chi connectivity index (χ0) is 16.9. The predicted octanol–water partition coefficient (Wildman–Crippen LogP) is 2.78. The van der Waals surface area contributed by atoms with Gasteiger partial charge in [0, 0.05) is 18.2 Å². The number of amidine groups is 1. The van der Waals surface area contributed by atoms with Gasteiger partial charge in [-0.15, -0.1) is 0 Å². The summed E-state index contributed by atoms with van der Waals surface area (Å²) in [6.45, 7) is 2.55. The summed E-state index contributed by atoms with van der Waals surface area (Å²) in [5.74, 6) is 1.12. The van der Waals surface area contributed by atoms with Gasteiger partial charge in [-0.1, -0.05) is 43.3 Å². The molecule has 3 rings (SSSR count). The minimum Gasteiger partial charge on any atom is -0.489 e. The van der Waals surface area contributed by atoms with E-state index in [2.05, 4.69) is 4.99 Å². The third kappa shape index (κ3) is 3.63. The first-order chi connectivity index (χ1) is 11.7. The maximum Gasteiger partial charge on any atom is 0.208 e. The van der Waals surface area contributed by atoms with Gasteiger partial charge < -0.3 is 14.7 Å². The number of aliphatic hydroxyl groups excluding tert-OH is 1. The summed E-state index contributed by atoms with van der Waals surface area (Å²) in [6.07, 6.45) is -0.604. The van der Waals surface area contributed by atoms with E-state index in [0.717, 1.165) is 17.0 Å². The van der Waals surface area contributed by atoms with E-state index in [9.17, 15) is 9.90 Å². The second-order valence-corrected chi connectivity index (χ2v) is 5.60. The monoisotopic (exact) mass is 324 g/mol. The zero-order valence-corrected chi connectivity index (χ0v) is 13.6. The van der Waals surface area contributed by atoms with E-state index in [0.29, 0.717) is 18.9 Å². The summed E-state index contributed by atoms with van der Waals surface area (Å²) in [4.78, 5) is 17.7. The van der Waals surface area contributed by atoms with Gasteiger partial charge >= 0.3 is 0 Å². The van der Waals surface area contributed by atoms with Crippen LogP contribution < -0.4 is 9.64 Å². The van der Waals surface area contributed by atoms with Crippen molar-refractivity contribution in [3.05, 3.63) is 60.2 Å². The van der Waals surface area contributed by atoms with E-state index in [1.165, 1.54) is 0 Å². The molecule has 0 amide bonds. The lowest BCUT2D eigenvalue weighted by Gasteiger charge is -2.30. The number of rotatable bonds is 5. The Morgan fingerprint density at radius 3 is 2.75 bits per heavy atom. The Labute approximate surface area is 141 Å². The average molecular weight is 324 g/mol. The summed E-state index contributed by atoms with van der Waals surface area (Å²) >= 11 is 0. The smallest absolute Gasteiger partial charge is 0.208 e. The highest BCUT2D eigenvalue weighted by molar-refractivity contribution is 6.07. The number of nitrogens with zero attached hydrogens (tertiary/aromatic N) is 2. The topological polar surface area (TPSA) is 62.1 Å². The maximum atomic E-state index is 11.8. The molecule has 0 spiro atoms. The van der Waals surface area contributed by atoms with Crippen molar-refractivity contribution in [1.29, 1.82) is 0 Å². The highest BCUT2D eigenvalue weighted by Crippen LogP contribution is 2.25. The van der Waals surface area contributed by atoms with Gasteiger partial charge in [0.05, 0.1) is 6.54 Å². The van der Waals surface area contributed by atoms with Crippen LogP contribution in [0.5, 0.6) is 5.75 Å². The summed E-state index contributed by atoms with van der Waals surface area (Å²) in [5, 5.41) is 9.62. The van der Waals surface area contributed by atoms with Gasteiger partial charge in [-0.3, -0.25) is 4.79 Å². The van der Waals surface area contributed by atoms with Crippen molar-refractivity contribution in [2.75, 3.05) is 11.4 Å². The summed E-state index contributed by atoms with van der Waals surface area (Å²) in [7, 11) is 0. The molecule has 124 valence electrons. The van der Waals surface area contributed by atoms with Crippen molar-refractivity contribution in [3.63, 3.8) is 0 Å². The van der Waals surface area contributed by atoms with E-state index < -0.39 is 6.23 Å². The Balaban J connectivity index is 1.77. The molecule has 0 radical (unpaired) electrons. The van der Waals surface area contributed by atoms with Crippen molar-refractivity contribution in [3.8, 4) is 5.75 Å². The zero-order valence-electron chi connectivity index (χ0n) is 13.6. The van der Waals surface area contributed by atoms with Crippen LogP contribution in [-0.4, -0.2) is 29.5 Å². The molecule has 2 aromatic rings. The van der Waals surface area contributed by atoms with Crippen LogP contribution in [0.25, 0.3) is 0 Å². The Morgan fingerprint density at radius 2 is 2.00 bits per heavy atom. The standard InChI is InChI=1S/C19H20N2O3/c1-2-18-20-19(23)17(22)12-21(18)15-9-6-10-16(11-15)24-13-14-7-4-3-5-8-14/h3-11,19,23H,2,12-13H2,1H3. The van der Waals surface area contributed by atoms with Gasteiger partial charge in [-0.05, 0) is 17.7 Å². The van der Waals surface area contributed by atoms with Gasteiger partial charge in [-0.25, -0.2) is 4.99 Å². The average Bonchev–Trinajstić information content (AvgIpc) is 2.63. The molecule has 1 atom stereocenters. The molecule has 1 heterocycles. The SMILES string of the molecule is CCC1=NC(O)C(=O)CN1c1cccc(OCc2ccccc2)c1. The number of benzene rings is 2. The highest BCUT2D eigenvalue weighted by Gasteiger charge is 2.27. The number of hydrogen-bond donors (Lipinski definition) is 1. The van der Waals surface area contributed by atoms with Crippen LogP contribution in [0.2, 0.25) is 0 Å². The predicted molar refractivity (Wildman–Crippen MR) is 93.3 cm³/mol. The van der Waals surface area contributed by atoms with E-state index in [4.69, 9.17) is 4.74 Å². The number of ketones is 1. The third-order valence-corrected chi connectivity index (χ3v) is 3.88. The first-order valence-corrected chi connectivity index (χ1v) is 7.99. The normalized spacial score (nSPS) is 17.6. The van der Waals surface area contributed by atoms with Gasteiger partial charge in [0.25, 0.3) is 0 Å². The molecule has 0 aliphatic carbocycles. The summed E-state index contributed by atoms with van der Waals surface area (Å²) in [5.41, 5.74) is 1.93. The fourth-order valence-electron chi connectivity index (χ4n) is 2.62. The molecule has 1 aliphatic heterocycles. The van der Waals surface area contributed by atoms with Gasteiger partial charge in [0.2, 0.25) is 12.0 Å². The molecule has 0 saturated heterocycles. The van der Waals surface area contributed by atoms with Gasteiger partial charge in [-0.2, -0.15) is 0 Å². The summed E-state index contributed by atoms with van der Waals surface area (Å²) in [6, 6.07) is 17.5. The molecule has 0 fully saturated rings. The number of aliphatic hydroxyl groups is 1. The second-order valence-electron chi connectivity index (χ2n) is 5.60. The van der Waals surface area contributed by atoms with Crippen LogP contribution in [0.4, 0.5) is 5.69 Å². The quantitative estimate of drug-likeness (QED) is 0.918. The Morgan fingerprint density at radius 1 is 1.21 bits per heavy atom. The number of hydrogen-bond acceptors (Lipinski definition) is 5. The minimum absolute atomic E-state index is 0.121. The van der Waals surface area contributed by atoms with E-state index in [-0.39, 0.29) is 12.3 Å². The molecule has 24 heavy (non-hydrogen) atoms. The molecule has 2 aromatic carbocycles. The summed E-state index contributed by atoms with van der Waals surface area (Å²) < 4.78 is 5.84. The second kappa shape index (κ2) is 7.27. The largest absolute Gasteiger partial charge is 0.489 e. The Kier molecular flexibility index (Phi) is 4.91. The number of ether oxygens (including phenoxy) is 1. The first kappa shape index (κ1) is 16.2. The van der Waals surface area contributed by atoms with E-state index in [1.54, 1.807) is 0 Å². The number of carbonyl (C=O) groups excluding carboxylic acids is 1. The maximum absolute atomic E-state index is 11.8. The molecule has 0 saturated carbocycles. The lowest BCUT2D eigenvalue weighted by Crippen LogP contribution is -2.44. The van der Waals surface area contributed by atoms with E-state index in [1.807, 2.05) is 66.4 Å². The Bertz CT molecular complexity index is 743. The third-order valence-electron chi connectivity index (χ3n) is 3.88. The highest BCUT2D eigenvalue weighted by atomic mass is 16.5. The molecule has 1 N–H and O–H groups in total. The number of Topliss-reactive ketones (excluding diaryl/α,β-unsaturated/α-hetero) is 1. The van der Waals surface area contributed by atoms with Crippen molar-refractivity contribution >= 4 is 17.3 Å². The fraction of sp³-hybridized carbons (Fsp3) is 0.263. The van der Waals surface area contributed by atoms with Gasteiger partial charge in [0.1, 0.15) is 18.2 Å². The number of anilines is 1. The molecule has 1 unspecified atom stereocenters. The fourth-order valence-corrected chi connectivity index (χ4v) is 2.62. The molecule has 1 aliphatic rings. The van der Waals surface area contributed by atoms with Gasteiger partial charge in [0.15, 0.2) is 0 Å². The van der Waals surface area contributed by atoms with Crippen LogP contribution in [0.3, 0.4) is 0 Å². The molecule has 5 heteroatoms. The van der Waals surface area contributed by atoms with Crippen LogP contribution in [0.1, 0.15) is 18.9 Å². The molecule has 0 bridgehead atoms. The lowest BCUT2D eigenvalue weighted by molar-refractivity contribution is -0.125. The van der Waals surface area contributed by atoms with Crippen molar-refractivity contribution < 1.29 is 14.6 Å². The number of aliphatic imine (C=N–C) groups is 1. The molecule has 0 aromatic heterocycles. The number of carbonyl (C=O) groups is 1. The lowest BCUT2D eigenvalue weighted by atomic mass is 10.2. The minimum atomic E-state index is -1.24. The van der Waals surface area contributed by atoms with E-state index >= 15 is 0 Å². The van der Waals surface area contributed by atoms with Crippen molar-refractivity contribution in [2.24, 2.45) is 4.99 Å². The first-order valence-electron chi connectivity index (χ1n) is 7.99. The molecule has 5 nitrogen and oxygen atoms in total. The van der Waals surface area contributed by atoms with Crippen LogP contribution in [0, 0.1) is 0 Å². The molecular weight excluding hydrogens is 304 g/mol. The van der Waals surface area contributed by atoms with Crippen LogP contribution in [0.15, 0.2) is 59.6 Å². The van der Waals surface area contributed by atoms with Crippen molar-refractivity contribution in [2.45, 2.75) is 26.2 Å². The van der Waals surface area contributed by atoms with Crippen molar-refractivity contribution in [1.82, 2.24) is 0 Å². The van der Waals surface area contributed by atoms with Crippen LogP contribution in [-0.2, 0) is 11.4 Å². The van der Waals surface area contributed by atoms with Crippen LogP contribution >= 0.6 is 0 Å².